The smallest absolute Gasteiger partial charge is 0.416 e. The van der Waals surface area contributed by atoms with Crippen LogP contribution >= 0.6 is 21.6 Å². The van der Waals surface area contributed by atoms with Crippen LogP contribution in [0.1, 0.15) is 24.6 Å². The maximum Gasteiger partial charge on any atom is 0.416 e. The monoisotopic (exact) mass is 595 g/mol. The van der Waals surface area contributed by atoms with E-state index in [-0.39, 0.29) is 19.0 Å². The second-order valence-electron chi connectivity index (χ2n) is 8.40. The Kier molecular flexibility index (Phi) is 10.3. The van der Waals surface area contributed by atoms with Gasteiger partial charge in [-0.2, -0.15) is 0 Å². The number of nitrogens with zero attached hydrogens (tertiary/aromatic N) is 6. The molecule has 2 amide bonds. The molecule has 0 unspecified atom stereocenters. The second kappa shape index (κ2) is 14.1. The van der Waals surface area contributed by atoms with Crippen molar-refractivity contribution in [2.75, 3.05) is 37.1 Å². The second-order valence-corrected chi connectivity index (χ2v) is 11.1. The van der Waals surface area contributed by atoms with Crippen molar-refractivity contribution in [1.82, 2.24) is 24.4 Å². The molecule has 3 heterocycles. The van der Waals surface area contributed by atoms with Crippen LogP contribution in [0.3, 0.4) is 0 Å². The summed E-state index contributed by atoms with van der Waals surface area (Å²) < 4.78 is 26.3. The van der Waals surface area contributed by atoms with Crippen molar-refractivity contribution in [3.05, 3.63) is 58.4 Å². The zero-order valence-corrected chi connectivity index (χ0v) is 22.9. The number of ether oxygens (including phenoxy) is 2. The summed E-state index contributed by atoms with van der Waals surface area (Å²) >= 11 is 0. The molecule has 0 aliphatic carbocycles. The first kappa shape index (κ1) is 29.3. The van der Waals surface area contributed by atoms with Gasteiger partial charge in [-0.1, -0.05) is 33.7 Å². The highest BCUT2D eigenvalue weighted by Crippen LogP contribution is 2.32. The molecule has 0 saturated carbocycles. The van der Waals surface area contributed by atoms with Gasteiger partial charge in [0.2, 0.25) is 0 Å². The van der Waals surface area contributed by atoms with Crippen molar-refractivity contribution >= 4 is 50.6 Å². The van der Waals surface area contributed by atoms with E-state index in [9.17, 15) is 24.1 Å². The lowest BCUT2D eigenvalue weighted by atomic mass is 10.2. The molecule has 1 saturated heterocycles. The minimum atomic E-state index is -0.853. The molecule has 2 atom stereocenters. The predicted molar refractivity (Wildman–Crippen MR) is 144 cm³/mol. The highest BCUT2D eigenvalue weighted by Gasteiger charge is 2.36. The van der Waals surface area contributed by atoms with Crippen LogP contribution in [0.4, 0.5) is 15.0 Å². The van der Waals surface area contributed by atoms with Crippen LogP contribution in [0.2, 0.25) is 0 Å². The zero-order chi connectivity index (χ0) is 28.5. The molecule has 14 nitrogen and oxygen atoms in total. The van der Waals surface area contributed by atoms with Crippen LogP contribution in [0.15, 0.2) is 36.9 Å². The van der Waals surface area contributed by atoms with E-state index < -0.39 is 29.4 Å². The van der Waals surface area contributed by atoms with Crippen molar-refractivity contribution in [3.8, 4) is 0 Å². The van der Waals surface area contributed by atoms with Gasteiger partial charge in [-0.3, -0.25) is 9.36 Å². The normalized spacial score (nSPS) is 16.6. The first-order chi connectivity index (χ1) is 19.3. The number of aromatic nitrogens is 4. The Bertz CT molecular complexity index is 1350. The number of hydrogen-bond acceptors (Lipinski definition) is 13. The molecular weight excluding hydrogens is 569 g/mol. The fraction of sp³-hybridized carbons (Fsp3) is 0.435. The molecular formula is C23H26FN7O7S2. The Hall–Kier alpha value is -3.70. The van der Waals surface area contributed by atoms with Gasteiger partial charge in [-0.05, 0) is 30.5 Å². The van der Waals surface area contributed by atoms with E-state index in [0.717, 1.165) is 10.5 Å². The minimum Gasteiger partial charge on any atom is -0.448 e. The number of hydrogen-bond donors (Lipinski definition) is 1. The molecule has 3 aromatic rings. The number of anilines is 1. The standard InChI is InChI=1S/C23H26FN7O7S2/c1-29(23(33)36-7-9-39-40-10-8-37-31(34)35)22(32)17-5-6-18(38-17)30-14-28-19-20(26-13-27-21(19)30)25-12-15-3-2-4-16(24)11-15/h2-4,11,13-14,17-18H,5-10,12H2,1H3,(H,25,26,27)/t17-,18+/m0/s1. The summed E-state index contributed by atoms with van der Waals surface area (Å²) in [7, 11) is 4.04. The number of carbonyl (C=O) groups excluding carboxylic acids is 2. The molecule has 1 fully saturated rings. The first-order valence-electron chi connectivity index (χ1n) is 12.1. The molecule has 2 aromatic heterocycles. The Morgan fingerprint density at radius 2 is 2.05 bits per heavy atom. The molecule has 0 bridgehead atoms. The molecule has 0 spiro atoms. The van der Waals surface area contributed by atoms with Crippen molar-refractivity contribution < 1.29 is 33.4 Å². The molecule has 0 radical (unpaired) electrons. The maximum atomic E-state index is 13.5. The van der Waals surface area contributed by atoms with Crippen molar-refractivity contribution in [2.45, 2.75) is 31.7 Å². The third kappa shape index (κ3) is 7.70. The third-order valence-corrected chi connectivity index (χ3v) is 8.07. The number of imidazole rings is 1. The summed E-state index contributed by atoms with van der Waals surface area (Å²) in [6.45, 7) is 0.376. The van der Waals surface area contributed by atoms with E-state index in [4.69, 9.17) is 9.47 Å². The van der Waals surface area contributed by atoms with Gasteiger partial charge < -0.3 is 19.6 Å². The fourth-order valence-electron chi connectivity index (χ4n) is 3.86. The van der Waals surface area contributed by atoms with Crippen LogP contribution in [-0.2, 0) is 25.7 Å². The minimum absolute atomic E-state index is 0.0273. The average Bonchev–Trinajstić information content (AvgIpc) is 3.60. The zero-order valence-electron chi connectivity index (χ0n) is 21.3. The van der Waals surface area contributed by atoms with E-state index in [1.807, 2.05) is 0 Å². The van der Waals surface area contributed by atoms with Gasteiger partial charge in [0.05, 0.1) is 6.33 Å². The number of carbonyl (C=O) groups is 2. The van der Waals surface area contributed by atoms with Gasteiger partial charge in [0.25, 0.3) is 11.0 Å². The molecule has 4 rings (SSSR count). The number of nitrogens with one attached hydrogen (secondary N) is 1. The van der Waals surface area contributed by atoms with Crippen LogP contribution in [0.25, 0.3) is 11.2 Å². The number of amides is 2. The highest BCUT2D eigenvalue weighted by molar-refractivity contribution is 8.76. The topological polar surface area (TPSA) is 164 Å². The number of rotatable bonds is 13. The summed E-state index contributed by atoms with van der Waals surface area (Å²) in [6, 6.07) is 6.23. The number of fused-ring (bicyclic) bond motifs is 1. The Balaban J connectivity index is 1.26. The summed E-state index contributed by atoms with van der Waals surface area (Å²) in [5.41, 5.74) is 1.74. The van der Waals surface area contributed by atoms with Gasteiger partial charge in [-0.15, -0.1) is 10.1 Å². The lowest BCUT2D eigenvalue weighted by Gasteiger charge is -2.20. The third-order valence-electron chi connectivity index (χ3n) is 5.73. The van der Waals surface area contributed by atoms with Crippen LogP contribution < -0.4 is 5.32 Å². The number of benzene rings is 1. The van der Waals surface area contributed by atoms with Crippen molar-refractivity contribution in [1.29, 1.82) is 0 Å². The van der Waals surface area contributed by atoms with Gasteiger partial charge >= 0.3 is 6.09 Å². The molecule has 40 heavy (non-hydrogen) atoms. The first-order valence-corrected chi connectivity index (χ1v) is 14.6. The average molecular weight is 596 g/mol. The quantitative estimate of drug-likeness (QED) is 0.132. The highest BCUT2D eigenvalue weighted by atomic mass is 33.1. The number of halogens is 1. The molecule has 1 aliphatic heterocycles. The van der Waals surface area contributed by atoms with E-state index in [1.165, 1.54) is 47.1 Å². The van der Waals surface area contributed by atoms with Crippen molar-refractivity contribution in [2.24, 2.45) is 0 Å². The lowest BCUT2D eigenvalue weighted by Crippen LogP contribution is -2.40. The largest absolute Gasteiger partial charge is 0.448 e. The molecule has 17 heteroatoms. The van der Waals surface area contributed by atoms with Crippen LogP contribution in [0.5, 0.6) is 0 Å². The van der Waals surface area contributed by atoms with E-state index in [0.29, 0.717) is 47.9 Å². The summed E-state index contributed by atoms with van der Waals surface area (Å²) in [5.74, 6) is 0.466. The van der Waals surface area contributed by atoms with Crippen LogP contribution in [0, 0.1) is 15.9 Å². The SMILES string of the molecule is CN(C(=O)OCCSSCCO[N+](=O)[O-])C(=O)[C@@H]1CC[C@H](n2cnc3c(NCc4cccc(F)c4)ncnc32)O1. The number of likely N-dealkylation sites (N-methyl/N-ethyl adjacent to an activating group) is 1. The Morgan fingerprint density at radius 1 is 1.25 bits per heavy atom. The van der Waals surface area contributed by atoms with Gasteiger partial charge in [0, 0.05) is 25.1 Å². The Morgan fingerprint density at radius 3 is 2.83 bits per heavy atom. The van der Waals surface area contributed by atoms with Gasteiger partial charge in [0.15, 0.2) is 17.0 Å². The molecule has 1 aromatic carbocycles. The fourth-order valence-corrected chi connectivity index (χ4v) is 5.51. The van der Waals surface area contributed by atoms with E-state index in [1.54, 1.807) is 23.0 Å². The summed E-state index contributed by atoms with van der Waals surface area (Å²) in [5, 5.41) is 12.4. The van der Waals surface area contributed by atoms with E-state index in [2.05, 4.69) is 25.1 Å². The predicted octanol–water partition coefficient (Wildman–Crippen LogP) is 3.44. The maximum absolute atomic E-state index is 13.5. The lowest BCUT2D eigenvalue weighted by molar-refractivity contribution is -0.756. The van der Waals surface area contributed by atoms with Crippen molar-refractivity contribution in [3.63, 3.8) is 0 Å². The Labute approximate surface area is 235 Å². The van der Waals surface area contributed by atoms with Gasteiger partial charge in [0.1, 0.15) is 37.7 Å². The molecule has 1 aliphatic rings. The van der Waals surface area contributed by atoms with Gasteiger partial charge in [-0.25, -0.2) is 29.0 Å². The molecule has 214 valence electrons. The number of imide groups is 1. The summed E-state index contributed by atoms with van der Waals surface area (Å²) in [4.78, 5) is 53.3. The van der Waals surface area contributed by atoms with E-state index >= 15 is 0 Å². The molecule has 1 N–H and O–H groups in total. The van der Waals surface area contributed by atoms with Crippen LogP contribution in [-0.4, -0.2) is 79.4 Å². The summed E-state index contributed by atoms with van der Waals surface area (Å²) in [6.07, 6.45) is 1.65.